The number of benzene rings is 1. The van der Waals surface area contributed by atoms with Gasteiger partial charge in [-0.1, -0.05) is 6.07 Å². The number of pyridine rings is 1. The molecule has 1 aliphatic heterocycles. The molecule has 6 heteroatoms. The second-order valence-electron chi connectivity index (χ2n) is 6.14. The Morgan fingerprint density at radius 2 is 2.29 bits per heavy atom. The number of hydrogen-bond acceptors (Lipinski definition) is 4. The van der Waals surface area contributed by atoms with Crippen molar-refractivity contribution in [2.45, 2.75) is 18.9 Å². The van der Waals surface area contributed by atoms with Gasteiger partial charge < -0.3 is 14.7 Å². The maximum atomic E-state index is 13.2. The largest absolute Gasteiger partial charge is 0.490 e. The first-order valence-electron chi connectivity index (χ1n) is 7.77. The molecule has 5 nitrogen and oxygen atoms in total. The SMILES string of the molecule is Cc1cnccc1C(=O)N1CC[C@@](O)(COc2cccc(F)c2)C1. The van der Waals surface area contributed by atoms with E-state index >= 15 is 0 Å². The lowest BCUT2D eigenvalue weighted by Crippen LogP contribution is -2.40. The Morgan fingerprint density at radius 1 is 1.46 bits per heavy atom. The number of β-amino-alcohol motifs (C(OH)–C–C–N with tert-alkyl or cyclic N) is 1. The van der Waals surface area contributed by atoms with Gasteiger partial charge in [-0.3, -0.25) is 9.78 Å². The molecule has 1 fully saturated rings. The van der Waals surface area contributed by atoms with Gasteiger partial charge in [-0.05, 0) is 37.1 Å². The number of aromatic nitrogens is 1. The number of hydrogen-bond donors (Lipinski definition) is 1. The molecule has 2 aromatic rings. The maximum Gasteiger partial charge on any atom is 0.254 e. The highest BCUT2D eigenvalue weighted by Crippen LogP contribution is 2.25. The number of halogens is 1. The third-order valence-electron chi connectivity index (χ3n) is 4.17. The van der Waals surface area contributed by atoms with Crippen LogP contribution in [0.1, 0.15) is 22.3 Å². The predicted molar refractivity (Wildman–Crippen MR) is 86.3 cm³/mol. The maximum absolute atomic E-state index is 13.2. The van der Waals surface area contributed by atoms with Gasteiger partial charge >= 0.3 is 0 Å². The van der Waals surface area contributed by atoms with Crippen LogP contribution in [-0.2, 0) is 0 Å². The minimum absolute atomic E-state index is 0.00948. The summed E-state index contributed by atoms with van der Waals surface area (Å²) in [4.78, 5) is 18.2. The van der Waals surface area contributed by atoms with Gasteiger partial charge in [0.1, 0.15) is 23.8 Å². The van der Waals surface area contributed by atoms with Gasteiger partial charge in [0.25, 0.3) is 5.91 Å². The molecule has 1 N–H and O–H groups in total. The average molecular weight is 330 g/mol. The summed E-state index contributed by atoms with van der Waals surface area (Å²) < 4.78 is 18.6. The lowest BCUT2D eigenvalue weighted by atomic mass is 10.1. The normalized spacial score (nSPS) is 20.2. The van der Waals surface area contributed by atoms with Crippen LogP contribution in [0.25, 0.3) is 0 Å². The van der Waals surface area contributed by atoms with E-state index in [-0.39, 0.29) is 19.1 Å². The number of aliphatic hydroxyl groups is 1. The lowest BCUT2D eigenvalue weighted by molar-refractivity contribution is 0.00421. The van der Waals surface area contributed by atoms with Crippen LogP contribution in [0.3, 0.4) is 0 Å². The highest BCUT2D eigenvalue weighted by molar-refractivity contribution is 5.95. The third-order valence-corrected chi connectivity index (χ3v) is 4.17. The van der Waals surface area contributed by atoms with Gasteiger partial charge in [0.05, 0.1) is 6.54 Å². The molecule has 0 bridgehead atoms. The minimum atomic E-state index is -1.14. The minimum Gasteiger partial charge on any atom is -0.490 e. The highest BCUT2D eigenvalue weighted by Gasteiger charge is 2.39. The molecule has 3 rings (SSSR count). The first-order chi connectivity index (χ1) is 11.5. The van der Waals surface area contributed by atoms with E-state index < -0.39 is 11.4 Å². The molecule has 1 aliphatic rings. The molecule has 1 atom stereocenters. The molecule has 1 aromatic heterocycles. The van der Waals surface area contributed by atoms with E-state index in [9.17, 15) is 14.3 Å². The number of ether oxygens (including phenoxy) is 1. The van der Waals surface area contributed by atoms with E-state index in [1.807, 2.05) is 6.92 Å². The number of rotatable bonds is 4. The van der Waals surface area contributed by atoms with Crippen molar-refractivity contribution >= 4 is 5.91 Å². The quantitative estimate of drug-likeness (QED) is 0.933. The summed E-state index contributed by atoms with van der Waals surface area (Å²) in [5.41, 5.74) is 0.248. The van der Waals surface area contributed by atoms with Gasteiger partial charge in [-0.2, -0.15) is 0 Å². The Morgan fingerprint density at radius 3 is 3.04 bits per heavy atom. The van der Waals surface area contributed by atoms with E-state index in [1.54, 1.807) is 35.5 Å². The van der Waals surface area contributed by atoms with Crippen molar-refractivity contribution in [1.29, 1.82) is 0 Å². The predicted octanol–water partition coefficient (Wildman–Crippen LogP) is 2.19. The van der Waals surface area contributed by atoms with E-state index in [0.29, 0.717) is 24.3 Å². The summed E-state index contributed by atoms with van der Waals surface area (Å²) in [6.07, 6.45) is 3.64. The van der Waals surface area contributed by atoms with Gasteiger partial charge in [-0.25, -0.2) is 4.39 Å². The first kappa shape index (κ1) is 16.4. The molecule has 0 radical (unpaired) electrons. The van der Waals surface area contributed by atoms with Crippen molar-refractivity contribution in [2.75, 3.05) is 19.7 Å². The molecule has 126 valence electrons. The Kier molecular flexibility index (Phi) is 4.49. The first-order valence-corrected chi connectivity index (χ1v) is 7.77. The van der Waals surface area contributed by atoms with Crippen LogP contribution in [0.15, 0.2) is 42.7 Å². The van der Waals surface area contributed by atoms with Crippen LogP contribution in [0.5, 0.6) is 5.75 Å². The standard InChI is InChI=1S/C18H19FN2O3/c1-13-10-20-7-5-16(13)17(22)21-8-6-18(23,11-21)12-24-15-4-2-3-14(19)9-15/h2-5,7,9-10,23H,6,8,11-12H2,1H3/t18-/m0/s1. The van der Waals surface area contributed by atoms with E-state index in [2.05, 4.69) is 4.98 Å². The number of carbonyl (C=O) groups is 1. The van der Waals surface area contributed by atoms with Crippen LogP contribution in [0, 0.1) is 12.7 Å². The van der Waals surface area contributed by atoms with Gasteiger partial charge in [0.15, 0.2) is 0 Å². The molecular formula is C18H19FN2O3. The Hall–Kier alpha value is -2.47. The number of aryl methyl sites for hydroxylation is 1. The van der Waals surface area contributed by atoms with Crippen molar-refractivity contribution in [3.8, 4) is 5.75 Å². The van der Waals surface area contributed by atoms with Gasteiger partial charge in [-0.15, -0.1) is 0 Å². The van der Waals surface area contributed by atoms with E-state index in [0.717, 1.165) is 5.56 Å². The lowest BCUT2D eigenvalue weighted by Gasteiger charge is -2.24. The third kappa shape index (κ3) is 3.54. The molecule has 0 saturated carbocycles. The fourth-order valence-corrected chi connectivity index (χ4v) is 2.81. The van der Waals surface area contributed by atoms with Crippen LogP contribution in [0.4, 0.5) is 4.39 Å². The molecule has 1 saturated heterocycles. The van der Waals surface area contributed by atoms with Crippen LogP contribution in [0.2, 0.25) is 0 Å². The van der Waals surface area contributed by atoms with E-state index in [4.69, 9.17) is 4.74 Å². The summed E-state index contributed by atoms with van der Waals surface area (Å²) in [5, 5.41) is 10.6. The van der Waals surface area contributed by atoms with Crippen molar-refractivity contribution in [3.05, 3.63) is 59.7 Å². The number of likely N-dealkylation sites (tertiary alicyclic amines) is 1. The Labute approximate surface area is 139 Å². The summed E-state index contributed by atoms with van der Waals surface area (Å²) in [5.74, 6) is -0.161. The van der Waals surface area contributed by atoms with E-state index in [1.165, 1.54) is 12.1 Å². The van der Waals surface area contributed by atoms with Crippen molar-refractivity contribution in [2.24, 2.45) is 0 Å². The van der Waals surface area contributed by atoms with Crippen LogP contribution in [-0.4, -0.2) is 46.2 Å². The molecule has 1 aromatic carbocycles. The zero-order valence-electron chi connectivity index (χ0n) is 13.4. The van der Waals surface area contributed by atoms with Crippen molar-refractivity contribution in [1.82, 2.24) is 9.88 Å². The number of nitrogens with zero attached hydrogens (tertiary/aromatic N) is 2. The van der Waals surface area contributed by atoms with Crippen molar-refractivity contribution < 1.29 is 19.0 Å². The van der Waals surface area contributed by atoms with Crippen molar-refractivity contribution in [3.63, 3.8) is 0 Å². The molecule has 1 amide bonds. The zero-order chi connectivity index (χ0) is 17.2. The molecular weight excluding hydrogens is 311 g/mol. The molecule has 0 aliphatic carbocycles. The van der Waals surface area contributed by atoms with Gasteiger partial charge in [0.2, 0.25) is 0 Å². The topological polar surface area (TPSA) is 62.7 Å². The summed E-state index contributed by atoms with van der Waals surface area (Å²) in [6, 6.07) is 7.45. The average Bonchev–Trinajstić information content (AvgIpc) is 2.96. The molecule has 24 heavy (non-hydrogen) atoms. The molecule has 0 spiro atoms. The Bertz CT molecular complexity index is 753. The monoisotopic (exact) mass is 330 g/mol. The second kappa shape index (κ2) is 6.57. The number of amides is 1. The summed E-state index contributed by atoms with van der Waals surface area (Å²) in [7, 11) is 0. The summed E-state index contributed by atoms with van der Waals surface area (Å²) >= 11 is 0. The highest BCUT2D eigenvalue weighted by atomic mass is 19.1. The fraction of sp³-hybridized carbons (Fsp3) is 0.333. The molecule has 2 heterocycles. The number of carbonyl (C=O) groups excluding carboxylic acids is 1. The second-order valence-corrected chi connectivity index (χ2v) is 6.14. The summed E-state index contributed by atoms with van der Waals surface area (Å²) in [6.45, 7) is 2.47. The Balaban J connectivity index is 1.63. The molecule has 0 unspecified atom stereocenters. The zero-order valence-corrected chi connectivity index (χ0v) is 13.4. The van der Waals surface area contributed by atoms with Crippen LogP contribution >= 0.6 is 0 Å². The smallest absolute Gasteiger partial charge is 0.254 e. The fourth-order valence-electron chi connectivity index (χ4n) is 2.81. The van der Waals surface area contributed by atoms with Gasteiger partial charge in [0, 0.05) is 30.6 Å². The van der Waals surface area contributed by atoms with Crippen LogP contribution < -0.4 is 4.74 Å².